The van der Waals surface area contributed by atoms with Gasteiger partial charge < -0.3 is 9.47 Å². The Hall–Kier alpha value is -1.06. The largest absolute Gasteiger partial charge is 0.462 e. The Balaban J connectivity index is 1.47. The Morgan fingerprint density at radius 1 is 1.00 bits per heavy atom. The minimum absolute atomic E-state index is 0.113. The highest BCUT2D eigenvalue weighted by Crippen LogP contribution is 2.54. The van der Waals surface area contributed by atoms with Crippen molar-refractivity contribution < 1.29 is 19.1 Å². The van der Waals surface area contributed by atoms with Gasteiger partial charge in [0.2, 0.25) is 0 Å². The average molecular weight is 322 g/mol. The molecule has 0 aromatic rings. The van der Waals surface area contributed by atoms with E-state index < -0.39 is 6.10 Å². The molecule has 130 valence electrons. The molecule has 4 aliphatic carbocycles. The van der Waals surface area contributed by atoms with Crippen LogP contribution in [0.5, 0.6) is 0 Å². The maximum atomic E-state index is 12.3. The maximum absolute atomic E-state index is 12.3. The first-order valence-electron chi connectivity index (χ1n) is 9.36. The molecule has 4 saturated carbocycles. The maximum Gasteiger partial charge on any atom is 0.309 e. The van der Waals surface area contributed by atoms with Crippen molar-refractivity contribution in [3.05, 3.63) is 0 Å². The fourth-order valence-electron chi connectivity index (χ4n) is 5.03. The number of ether oxygens (including phenoxy) is 2. The molecule has 4 bridgehead atoms. The molecule has 0 aromatic heterocycles. The summed E-state index contributed by atoms with van der Waals surface area (Å²) in [4.78, 5) is 24.0. The molecule has 0 N–H and O–H groups in total. The molecule has 0 amide bonds. The summed E-state index contributed by atoms with van der Waals surface area (Å²) in [6.45, 7) is 5.58. The van der Waals surface area contributed by atoms with Crippen molar-refractivity contribution in [2.45, 2.75) is 77.9 Å². The van der Waals surface area contributed by atoms with E-state index in [-0.39, 0.29) is 30.4 Å². The van der Waals surface area contributed by atoms with Crippen LogP contribution < -0.4 is 0 Å². The lowest BCUT2D eigenvalue weighted by Crippen LogP contribution is -2.50. The third-order valence-corrected chi connectivity index (χ3v) is 6.19. The van der Waals surface area contributed by atoms with Gasteiger partial charge in [-0.3, -0.25) is 9.59 Å². The second-order valence-electron chi connectivity index (χ2n) is 8.15. The average Bonchev–Trinajstić information content (AvgIpc) is 2.49. The summed E-state index contributed by atoms with van der Waals surface area (Å²) < 4.78 is 11.2. The molecule has 0 radical (unpaired) electrons. The van der Waals surface area contributed by atoms with Crippen LogP contribution in [-0.2, 0) is 19.1 Å². The third-order valence-electron chi connectivity index (χ3n) is 6.19. The second-order valence-corrected chi connectivity index (χ2v) is 8.15. The quantitative estimate of drug-likeness (QED) is 0.699. The Morgan fingerprint density at radius 2 is 1.57 bits per heavy atom. The molecule has 0 aliphatic heterocycles. The van der Waals surface area contributed by atoms with Crippen LogP contribution in [0.15, 0.2) is 0 Å². The molecule has 0 aromatic carbocycles. The molecule has 2 atom stereocenters. The van der Waals surface area contributed by atoms with Crippen LogP contribution in [0.1, 0.15) is 65.7 Å². The van der Waals surface area contributed by atoms with Crippen LogP contribution in [0.25, 0.3) is 0 Å². The smallest absolute Gasteiger partial charge is 0.309 e. The van der Waals surface area contributed by atoms with E-state index in [4.69, 9.17) is 9.47 Å². The molecule has 4 heteroatoms. The van der Waals surface area contributed by atoms with E-state index in [0.29, 0.717) is 11.8 Å². The molecule has 4 nitrogen and oxygen atoms in total. The zero-order valence-electron chi connectivity index (χ0n) is 14.6. The van der Waals surface area contributed by atoms with E-state index in [2.05, 4.69) is 0 Å². The van der Waals surface area contributed by atoms with Crippen LogP contribution in [-0.4, -0.2) is 24.1 Å². The lowest BCUT2D eigenvalue weighted by molar-refractivity contribution is -0.174. The Morgan fingerprint density at radius 3 is 2.09 bits per heavy atom. The van der Waals surface area contributed by atoms with Crippen molar-refractivity contribution in [2.24, 2.45) is 29.6 Å². The summed E-state index contributed by atoms with van der Waals surface area (Å²) in [5, 5.41) is 0. The minimum atomic E-state index is -0.402. The predicted molar refractivity (Wildman–Crippen MR) is 86.6 cm³/mol. The van der Waals surface area contributed by atoms with Crippen molar-refractivity contribution in [1.29, 1.82) is 0 Å². The lowest BCUT2D eigenvalue weighted by atomic mass is 9.55. The molecular weight excluding hydrogens is 292 g/mol. The van der Waals surface area contributed by atoms with Crippen molar-refractivity contribution in [3.8, 4) is 0 Å². The van der Waals surface area contributed by atoms with Gasteiger partial charge in [-0.1, -0.05) is 13.8 Å². The SMILES string of the molecule is CCC(C)C(=O)OC(C)CC(=O)OC1C2CC3CC(C2)CC1C3. The van der Waals surface area contributed by atoms with Crippen LogP contribution >= 0.6 is 0 Å². The van der Waals surface area contributed by atoms with Crippen LogP contribution in [0.2, 0.25) is 0 Å². The Labute approximate surface area is 139 Å². The second kappa shape index (κ2) is 6.82. The van der Waals surface area contributed by atoms with E-state index >= 15 is 0 Å². The van der Waals surface area contributed by atoms with Crippen LogP contribution in [0, 0.1) is 29.6 Å². The first-order valence-corrected chi connectivity index (χ1v) is 9.36. The summed E-state index contributed by atoms with van der Waals surface area (Å²) in [6, 6.07) is 0. The first kappa shape index (κ1) is 16.8. The fourth-order valence-corrected chi connectivity index (χ4v) is 5.03. The molecular formula is C19H30O4. The van der Waals surface area contributed by atoms with Crippen LogP contribution in [0.4, 0.5) is 0 Å². The Bertz CT molecular complexity index is 430. The predicted octanol–water partition coefficient (Wildman–Crippen LogP) is 3.72. The van der Waals surface area contributed by atoms with Crippen molar-refractivity contribution in [2.75, 3.05) is 0 Å². The van der Waals surface area contributed by atoms with Gasteiger partial charge in [0.1, 0.15) is 12.2 Å². The summed E-state index contributed by atoms with van der Waals surface area (Å²) >= 11 is 0. The van der Waals surface area contributed by atoms with Gasteiger partial charge in [0.25, 0.3) is 0 Å². The fraction of sp³-hybridized carbons (Fsp3) is 0.895. The summed E-state index contributed by atoms with van der Waals surface area (Å²) in [5.41, 5.74) is 0. The highest BCUT2D eigenvalue weighted by molar-refractivity contribution is 5.74. The number of rotatable bonds is 6. The zero-order valence-corrected chi connectivity index (χ0v) is 14.6. The molecule has 4 fully saturated rings. The number of esters is 2. The third kappa shape index (κ3) is 3.72. The topological polar surface area (TPSA) is 52.6 Å². The minimum Gasteiger partial charge on any atom is -0.462 e. The monoisotopic (exact) mass is 322 g/mol. The normalized spacial score (nSPS) is 37.3. The molecule has 0 spiro atoms. The van der Waals surface area contributed by atoms with Gasteiger partial charge in [-0.2, -0.15) is 0 Å². The van der Waals surface area contributed by atoms with Gasteiger partial charge in [-0.05, 0) is 69.1 Å². The van der Waals surface area contributed by atoms with Gasteiger partial charge in [-0.15, -0.1) is 0 Å². The van der Waals surface area contributed by atoms with Crippen molar-refractivity contribution in [3.63, 3.8) is 0 Å². The van der Waals surface area contributed by atoms with Gasteiger partial charge in [0.05, 0.1) is 12.3 Å². The van der Waals surface area contributed by atoms with Crippen molar-refractivity contribution >= 4 is 11.9 Å². The van der Waals surface area contributed by atoms with Gasteiger partial charge in [-0.25, -0.2) is 0 Å². The number of carbonyl (C=O) groups is 2. The van der Waals surface area contributed by atoms with Crippen molar-refractivity contribution in [1.82, 2.24) is 0 Å². The number of hydrogen-bond donors (Lipinski definition) is 0. The van der Waals surface area contributed by atoms with E-state index in [0.717, 1.165) is 18.3 Å². The Kier molecular flexibility index (Phi) is 4.98. The summed E-state index contributed by atoms with van der Waals surface area (Å²) in [5.74, 6) is 2.37. The lowest BCUT2D eigenvalue weighted by Gasteiger charge is -2.53. The first-order chi connectivity index (χ1) is 11.0. The van der Waals surface area contributed by atoms with Crippen LogP contribution in [0.3, 0.4) is 0 Å². The zero-order chi connectivity index (χ0) is 16.6. The number of hydrogen-bond acceptors (Lipinski definition) is 4. The number of carbonyl (C=O) groups excluding carboxylic acids is 2. The molecule has 0 heterocycles. The van der Waals surface area contributed by atoms with E-state index in [1.54, 1.807) is 6.92 Å². The van der Waals surface area contributed by atoms with Gasteiger partial charge >= 0.3 is 11.9 Å². The molecule has 4 rings (SSSR count). The van der Waals surface area contributed by atoms with Gasteiger partial charge in [0.15, 0.2) is 0 Å². The highest BCUT2D eigenvalue weighted by atomic mass is 16.6. The highest BCUT2D eigenvalue weighted by Gasteiger charge is 2.49. The van der Waals surface area contributed by atoms with E-state index in [1.165, 1.54) is 32.1 Å². The molecule has 23 heavy (non-hydrogen) atoms. The molecule has 4 aliphatic rings. The summed E-state index contributed by atoms with van der Waals surface area (Å²) in [7, 11) is 0. The van der Waals surface area contributed by atoms with Gasteiger partial charge in [0, 0.05) is 0 Å². The standard InChI is InChI=1S/C19H30O4/c1-4-11(2)19(21)22-12(3)5-17(20)23-18-15-7-13-6-14(9-15)10-16(18)8-13/h11-16,18H,4-10H2,1-3H3. The molecule has 2 unspecified atom stereocenters. The van der Waals surface area contributed by atoms with E-state index in [9.17, 15) is 9.59 Å². The summed E-state index contributed by atoms with van der Waals surface area (Å²) in [6.07, 6.45) is 7.00. The molecule has 0 saturated heterocycles. The van der Waals surface area contributed by atoms with E-state index in [1.807, 2.05) is 13.8 Å².